The van der Waals surface area contributed by atoms with Gasteiger partial charge < -0.3 is 15.2 Å². The molecule has 0 bridgehead atoms. The maximum atomic E-state index is 11.6. The Balaban J connectivity index is 2.23. The largest absolute Gasteiger partial charge is 0.496 e. The molecule has 1 aliphatic rings. The highest BCUT2D eigenvalue weighted by Gasteiger charge is 2.34. The van der Waals surface area contributed by atoms with E-state index < -0.39 is 6.04 Å². The highest BCUT2D eigenvalue weighted by atomic mass is 79.9. The van der Waals surface area contributed by atoms with Gasteiger partial charge in [-0.25, -0.2) is 0 Å². The molecule has 1 fully saturated rings. The molecule has 2 N–H and O–H groups in total. The van der Waals surface area contributed by atoms with Crippen LogP contribution >= 0.6 is 15.9 Å². The van der Waals surface area contributed by atoms with Crippen molar-refractivity contribution in [3.05, 3.63) is 28.2 Å². The minimum Gasteiger partial charge on any atom is -0.496 e. The molecule has 110 valence electrons. The van der Waals surface area contributed by atoms with Crippen molar-refractivity contribution >= 4 is 21.8 Å². The summed E-state index contributed by atoms with van der Waals surface area (Å²) < 4.78 is 11.9. The summed E-state index contributed by atoms with van der Waals surface area (Å²) in [6.07, 6.45) is -0.195. The van der Waals surface area contributed by atoms with E-state index in [0.717, 1.165) is 15.8 Å². The number of hydrogen-bond donors (Lipinski definition) is 1. The van der Waals surface area contributed by atoms with Crippen LogP contribution in [-0.2, 0) is 16.1 Å². The molecule has 0 saturated carbocycles. The van der Waals surface area contributed by atoms with Gasteiger partial charge in [-0.15, -0.1) is 0 Å². The van der Waals surface area contributed by atoms with Gasteiger partial charge in [-0.05, 0) is 25.1 Å². The van der Waals surface area contributed by atoms with E-state index >= 15 is 0 Å². The molecule has 2 rings (SSSR count). The summed E-state index contributed by atoms with van der Waals surface area (Å²) in [6.45, 7) is 3.75. The van der Waals surface area contributed by atoms with Crippen LogP contribution in [0.4, 0.5) is 0 Å². The average Bonchev–Trinajstić information content (AvgIpc) is 2.38. The third kappa shape index (κ3) is 3.31. The molecule has 1 amide bonds. The molecule has 6 heteroatoms. The second kappa shape index (κ2) is 6.56. The van der Waals surface area contributed by atoms with Gasteiger partial charge in [-0.1, -0.05) is 15.9 Å². The number of morpholine rings is 1. The van der Waals surface area contributed by atoms with Crippen molar-refractivity contribution in [3.8, 4) is 5.75 Å². The first-order valence-corrected chi connectivity index (χ1v) is 7.29. The number of methoxy groups -OCH3 is 1. The van der Waals surface area contributed by atoms with Gasteiger partial charge in [0.2, 0.25) is 5.91 Å². The Morgan fingerprint density at radius 1 is 1.60 bits per heavy atom. The number of rotatable bonds is 4. The second-order valence-corrected chi connectivity index (χ2v) is 5.77. The van der Waals surface area contributed by atoms with Gasteiger partial charge in [0.05, 0.1) is 19.8 Å². The normalized spacial score (nSPS) is 23.6. The molecule has 1 saturated heterocycles. The Kier molecular flexibility index (Phi) is 5.01. The fourth-order valence-electron chi connectivity index (χ4n) is 2.56. The van der Waals surface area contributed by atoms with E-state index in [1.807, 2.05) is 30.0 Å². The molecule has 1 aromatic carbocycles. The number of benzene rings is 1. The second-order valence-electron chi connectivity index (χ2n) is 4.85. The van der Waals surface area contributed by atoms with Crippen LogP contribution in [0.25, 0.3) is 0 Å². The maximum Gasteiger partial charge on any atom is 0.237 e. The maximum absolute atomic E-state index is 11.6. The Morgan fingerprint density at radius 2 is 2.35 bits per heavy atom. The molecular weight excluding hydrogens is 324 g/mol. The quantitative estimate of drug-likeness (QED) is 0.901. The number of primary amides is 1. The van der Waals surface area contributed by atoms with Crippen LogP contribution in [0.5, 0.6) is 5.75 Å². The smallest absolute Gasteiger partial charge is 0.237 e. The zero-order valence-electron chi connectivity index (χ0n) is 11.6. The van der Waals surface area contributed by atoms with Crippen molar-refractivity contribution in [2.24, 2.45) is 5.73 Å². The van der Waals surface area contributed by atoms with E-state index in [4.69, 9.17) is 15.2 Å². The molecule has 0 aliphatic carbocycles. The first-order chi connectivity index (χ1) is 9.52. The van der Waals surface area contributed by atoms with Gasteiger partial charge in [0.25, 0.3) is 0 Å². The third-order valence-electron chi connectivity index (χ3n) is 3.50. The molecule has 2 atom stereocenters. The summed E-state index contributed by atoms with van der Waals surface area (Å²) >= 11 is 3.46. The van der Waals surface area contributed by atoms with Crippen LogP contribution in [0.15, 0.2) is 22.7 Å². The predicted octanol–water partition coefficient (Wildman–Crippen LogP) is 1.53. The Hall–Kier alpha value is -1.11. The summed E-state index contributed by atoms with van der Waals surface area (Å²) in [7, 11) is 1.64. The van der Waals surface area contributed by atoms with Gasteiger partial charge in [-0.2, -0.15) is 0 Å². The van der Waals surface area contributed by atoms with Crippen molar-refractivity contribution in [2.45, 2.75) is 25.6 Å². The number of hydrogen-bond acceptors (Lipinski definition) is 4. The Labute approximate surface area is 127 Å². The van der Waals surface area contributed by atoms with Crippen LogP contribution < -0.4 is 10.5 Å². The fourth-order valence-corrected chi connectivity index (χ4v) is 2.97. The van der Waals surface area contributed by atoms with E-state index in [0.29, 0.717) is 19.7 Å². The molecular formula is C14H19BrN2O3. The van der Waals surface area contributed by atoms with Crippen molar-refractivity contribution < 1.29 is 14.3 Å². The summed E-state index contributed by atoms with van der Waals surface area (Å²) in [5.74, 6) is 0.446. The first kappa shape index (κ1) is 15.3. The lowest BCUT2D eigenvalue weighted by Gasteiger charge is -2.38. The SMILES string of the molecule is COc1ccc(Br)cc1CN1CCO[C@H](C)[C@H]1C(N)=O. The fraction of sp³-hybridized carbons (Fsp3) is 0.500. The van der Waals surface area contributed by atoms with Crippen molar-refractivity contribution in [1.29, 1.82) is 0 Å². The first-order valence-electron chi connectivity index (χ1n) is 6.50. The lowest BCUT2D eigenvalue weighted by molar-refractivity contribution is -0.136. The van der Waals surface area contributed by atoms with Crippen molar-refractivity contribution in [3.63, 3.8) is 0 Å². The van der Waals surface area contributed by atoms with Crippen molar-refractivity contribution in [2.75, 3.05) is 20.3 Å². The summed E-state index contributed by atoms with van der Waals surface area (Å²) in [4.78, 5) is 13.7. The van der Waals surface area contributed by atoms with E-state index in [-0.39, 0.29) is 12.0 Å². The molecule has 0 aromatic heterocycles. The van der Waals surface area contributed by atoms with Crippen LogP contribution in [-0.4, -0.2) is 43.2 Å². The number of amides is 1. The topological polar surface area (TPSA) is 64.8 Å². The molecule has 5 nitrogen and oxygen atoms in total. The zero-order valence-corrected chi connectivity index (χ0v) is 13.2. The van der Waals surface area contributed by atoms with Crippen molar-refractivity contribution in [1.82, 2.24) is 4.90 Å². The molecule has 0 unspecified atom stereocenters. The lowest BCUT2D eigenvalue weighted by atomic mass is 10.1. The van der Waals surface area contributed by atoms with Crippen LogP contribution in [0.2, 0.25) is 0 Å². The Bertz CT molecular complexity index is 495. The molecule has 20 heavy (non-hydrogen) atoms. The summed E-state index contributed by atoms with van der Waals surface area (Å²) in [6, 6.07) is 5.42. The highest BCUT2D eigenvalue weighted by molar-refractivity contribution is 9.10. The van der Waals surface area contributed by atoms with E-state index in [1.165, 1.54) is 0 Å². The third-order valence-corrected chi connectivity index (χ3v) is 4.00. The minimum atomic E-state index is -0.410. The van der Waals surface area contributed by atoms with E-state index in [1.54, 1.807) is 7.11 Å². The van der Waals surface area contributed by atoms with Crippen LogP contribution in [0, 0.1) is 0 Å². The van der Waals surface area contributed by atoms with Crippen LogP contribution in [0.3, 0.4) is 0 Å². The number of halogens is 1. The molecule has 0 radical (unpaired) electrons. The molecule has 1 heterocycles. The highest BCUT2D eigenvalue weighted by Crippen LogP contribution is 2.26. The minimum absolute atomic E-state index is 0.195. The number of ether oxygens (including phenoxy) is 2. The zero-order chi connectivity index (χ0) is 14.7. The van der Waals surface area contributed by atoms with Gasteiger partial charge in [0, 0.05) is 23.1 Å². The molecule has 0 spiro atoms. The lowest BCUT2D eigenvalue weighted by Crippen LogP contribution is -2.56. The number of carbonyl (C=O) groups excluding carboxylic acids is 1. The Morgan fingerprint density at radius 3 is 3.00 bits per heavy atom. The average molecular weight is 343 g/mol. The molecule has 1 aromatic rings. The van der Waals surface area contributed by atoms with Gasteiger partial charge in [0.1, 0.15) is 11.8 Å². The number of carbonyl (C=O) groups is 1. The number of nitrogens with two attached hydrogens (primary N) is 1. The van der Waals surface area contributed by atoms with Crippen LogP contribution in [0.1, 0.15) is 12.5 Å². The predicted molar refractivity (Wildman–Crippen MR) is 79.5 cm³/mol. The van der Waals surface area contributed by atoms with Gasteiger partial charge in [0.15, 0.2) is 0 Å². The summed E-state index contributed by atoms with van der Waals surface area (Å²) in [5, 5.41) is 0. The van der Waals surface area contributed by atoms with Gasteiger partial charge in [-0.3, -0.25) is 9.69 Å². The number of nitrogens with zero attached hydrogens (tertiary/aromatic N) is 1. The van der Waals surface area contributed by atoms with E-state index in [9.17, 15) is 4.79 Å². The summed E-state index contributed by atoms with van der Waals surface area (Å²) in [5.41, 5.74) is 6.52. The monoisotopic (exact) mass is 342 g/mol. The standard InChI is InChI=1S/C14H19BrN2O3/c1-9-13(14(16)18)17(5-6-20-9)8-10-7-11(15)3-4-12(10)19-2/h3-4,7,9,13H,5-6,8H2,1-2H3,(H2,16,18)/t9-,13+/m1/s1. The van der Waals surface area contributed by atoms with Gasteiger partial charge >= 0.3 is 0 Å². The van der Waals surface area contributed by atoms with E-state index in [2.05, 4.69) is 15.9 Å². The molecule has 1 aliphatic heterocycles.